The van der Waals surface area contributed by atoms with Crippen molar-refractivity contribution in [2.45, 2.75) is 50.0 Å². The van der Waals surface area contributed by atoms with E-state index in [0.29, 0.717) is 12.2 Å². The van der Waals surface area contributed by atoms with Gasteiger partial charge in [0.1, 0.15) is 12.6 Å². The van der Waals surface area contributed by atoms with E-state index in [2.05, 4.69) is 17.1 Å². The molecular formula is C22H34N4O4S2. The molecule has 1 atom stereocenters. The van der Waals surface area contributed by atoms with E-state index in [4.69, 9.17) is 0 Å². The summed E-state index contributed by atoms with van der Waals surface area (Å²) < 4.78 is 26.5. The third-order valence-corrected chi connectivity index (χ3v) is 8.90. The smallest absolute Gasteiger partial charge is 0.250 e. The molecule has 0 unspecified atom stereocenters. The predicted molar refractivity (Wildman–Crippen MR) is 130 cm³/mol. The lowest BCUT2D eigenvalue weighted by Gasteiger charge is -2.45. The van der Waals surface area contributed by atoms with Gasteiger partial charge >= 0.3 is 0 Å². The second-order valence-electron chi connectivity index (χ2n) is 8.38. The van der Waals surface area contributed by atoms with Gasteiger partial charge in [-0.2, -0.15) is 11.8 Å². The average molecular weight is 483 g/mol. The fourth-order valence-corrected chi connectivity index (χ4v) is 5.88. The van der Waals surface area contributed by atoms with E-state index in [1.54, 1.807) is 12.1 Å². The van der Waals surface area contributed by atoms with Crippen molar-refractivity contribution in [2.75, 3.05) is 55.0 Å². The summed E-state index contributed by atoms with van der Waals surface area (Å²) in [7, 11) is -0.707. The molecule has 10 heteroatoms. The van der Waals surface area contributed by atoms with Crippen LogP contribution in [0.5, 0.6) is 0 Å². The van der Waals surface area contributed by atoms with Crippen molar-refractivity contribution in [3.05, 3.63) is 18.2 Å². The average Bonchev–Trinajstić information content (AvgIpc) is 2.78. The minimum Gasteiger partial charge on any atom is -0.358 e. The van der Waals surface area contributed by atoms with E-state index < -0.39 is 10.0 Å². The molecule has 1 fully saturated rings. The highest BCUT2D eigenvalue weighted by atomic mass is 32.2. The number of rotatable bonds is 10. The van der Waals surface area contributed by atoms with Crippen molar-refractivity contribution < 1.29 is 18.0 Å². The topological polar surface area (TPSA) is 90.0 Å². The summed E-state index contributed by atoms with van der Waals surface area (Å²) in [6.07, 6.45) is 4.70. The molecule has 0 aliphatic carbocycles. The Morgan fingerprint density at radius 1 is 1.22 bits per heavy atom. The molecule has 3 rings (SSSR count). The number of carbonyl (C=O) groups is 2. The van der Waals surface area contributed by atoms with Crippen LogP contribution in [0.3, 0.4) is 0 Å². The number of nitrogens with zero attached hydrogens (tertiary/aromatic N) is 3. The van der Waals surface area contributed by atoms with Crippen LogP contribution in [-0.2, 0) is 19.6 Å². The van der Waals surface area contributed by atoms with Gasteiger partial charge in [-0.1, -0.05) is 6.92 Å². The van der Waals surface area contributed by atoms with Crippen molar-refractivity contribution >= 4 is 45.0 Å². The van der Waals surface area contributed by atoms with Crippen LogP contribution in [0.15, 0.2) is 23.1 Å². The Hall–Kier alpha value is -1.78. The van der Waals surface area contributed by atoms with Crippen LogP contribution in [0.2, 0.25) is 0 Å². The summed E-state index contributed by atoms with van der Waals surface area (Å²) in [4.78, 5) is 29.6. The molecule has 2 heterocycles. The van der Waals surface area contributed by atoms with Gasteiger partial charge in [0.15, 0.2) is 0 Å². The zero-order chi connectivity index (χ0) is 23.3. The molecular weight excluding hydrogens is 448 g/mol. The number of piperidine rings is 1. The maximum atomic E-state index is 13.3. The highest BCUT2D eigenvalue weighted by Gasteiger charge is 2.40. The van der Waals surface area contributed by atoms with Gasteiger partial charge in [0.2, 0.25) is 21.8 Å². The van der Waals surface area contributed by atoms with Crippen LogP contribution in [-0.4, -0.2) is 75.8 Å². The zero-order valence-corrected chi connectivity index (χ0v) is 20.8. The lowest BCUT2D eigenvalue weighted by Crippen LogP contribution is -2.57. The number of amides is 2. The Morgan fingerprint density at radius 3 is 2.72 bits per heavy atom. The van der Waals surface area contributed by atoms with Crippen LogP contribution in [0.25, 0.3) is 0 Å². The molecule has 1 aromatic rings. The molecule has 0 spiro atoms. The predicted octanol–water partition coefficient (Wildman–Crippen LogP) is 2.29. The Balaban J connectivity index is 1.82. The maximum absolute atomic E-state index is 13.3. The number of carbonyl (C=O) groups excluding carboxylic acids is 2. The number of fused-ring (bicyclic) bond motifs is 3. The van der Waals surface area contributed by atoms with Crippen LogP contribution in [0, 0.1) is 0 Å². The lowest BCUT2D eigenvalue weighted by atomic mass is 9.96. The van der Waals surface area contributed by atoms with Gasteiger partial charge in [0, 0.05) is 27.2 Å². The zero-order valence-electron chi connectivity index (χ0n) is 19.2. The molecule has 1 N–H and O–H groups in total. The van der Waals surface area contributed by atoms with Crippen molar-refractivity contribution in [3.8, 4) is 0 Å². The van der Waals surface area contributed by atoms with Gasteiger partial charge in [-0.25, -0.2) is 12.7 Å². The van der Waals surface area contributed by atoms with Crippen LogP contribution in [0.4, 0.5) is 11.4 Å². The number of thioether (sulfide) groups is 1. The first kappa shape index (κ1) is 24.9. The summed E-state index contributed by atoms with van der Waals surface area (Å²) in [6, 6.07) is 4.58. The number of hydrogen-bond acceptors (Lipinski definition) is 6. The number of anilines is 2. The molecule has 2 aliphatic heterocycles. The van der Waals surface area contributed by atoms with Crippen LogP contribution >= 0.6 is 11.8 Å². The quantitative estimate of drug-likeness (QED) is 0.515. The van der Waals surface area contributed by atoms with Gasteiger partial charge in [-0.05, 0) is 61.8 Å². The Kier molecular flexibility index (Phi) is 8.46. The number of hydrogen-bond donors (Lipinski definition) is 1. The van der Waals surface area contributed by atoms with Gasteiger partial charge in [0.25, 0.3) is 0 Å². The maximum Gasteiger partial charge on any atom is 0.250 e. The Labute approximate surface area is 195 Å². The Morgan fingerprint density at radius 2 is 2.00 bits per heavy atom. The number of nitrogens with one attached hydrogen (secondary N) is 1. The summed E-state index contributed by atoms with van der Waals surface area (Å²) in [5.41, 5.74) is 1.31. The van der Waals surface area contributed by atoms with E-state index in [1.165, 1.54) is 25.1 Å². The third kappa shape index (κ3) is 5.40. The molecule has 1 saturated heterocycles. The first-order valence-electron chi connectivity index (χ1n) is 11.3. The molecule has 0 saturated carbocycles. The standard InChI is InChI=1S/C22H34N4O4S2/c1-4-13-31-14-7-11-23-21(27)16-26-20-15-17(32(29,30)24(2)3)9-10-18(20)25-12-6-5-8-19(25)22(26)28/h9-10,15,19H,4-8,11-14,16H2,1-3H3,(H,23,27)/t19-/m1/s1. The number of sulfonamides is 1. The molecule has 0 bridgehead atoms. The highest BCUT2D eigenvalue weighted by Crippen LogP contribution is 2.40. The first-order chi connectivity index (χ1) is 15.3. The molecule has 178 valence electrons. The fraction of sp³-hybridized carbons (Fsp3) is 0.636. The van der Waals surface area contributed by atoms with Crippen LogP contribution < -0.4 is 15.1 Å². The van der Waals surface area contributed by atoms with Gasteiger partial charge in [-0.15, -0.1) is 0 Å². The van der Waals surface area contributed by atoms with Crippen molar-refractivity contribution in [2.24, 2.45) is 0 Å². The van der Waals surface area contributed by atoms with Crippen molar-refractivity contribution in [3.63, 3.8) is 0 Å². The van der Waals surface area contributed by atoms with Gasteiger partial charge < -0.3 is 10.2 Å². The van der Waals surface area contributed by atoms with Crippen LogP contribution in [0.1, 0.15) is 39.0 Å². The van der Waals surface area contributed by atoms with E-state index in [9.17, 15) is 18.0 Å². The lowest BCUT2D eigenvalue weighted by molar-refractivity contribution is -0.125. The molecule has 2 aliphatic rings. The molecule has 1 aromatic carbocycles. The minimum absolute atomic E-state index is 0.107. The normalized spacial score (nSPS) is 18.5. The summed E-state index contributed by atoms with van der Waals surface area (Å²) in [5.74, 6) is 1.74. The third-order valence-electron chi connectivity index (χ3n) is 5.82. The Bertz CT molecular complexity index is 936. The van der Waals surface area contributed by atoms with E-state index in [-0.39, 0.29) is 29.3 Å². The van der Waals surface area contributed by atoms with Gasteiger partial charge in [0.05, 0.1) is 16.3 Å². The summed E-state index contributed by atoms with van der Waals surface area (Å²) in [5, 5.41) is 2.91. The van der Waals surface area contributed by atoms with E-state index in [0.717, 1.165) is 60.1 Å². The second-order valence-corrected chi connectivity index (χ2v) is 11.8. The monoisotopic (exact) mass is 482 g/mol. The minimum atomic E-state index is -3.66. The first-order valence-corrected chi connectivity index (χ1v) is 13.9. The molecule has 32 heavy (non-hydrogen) atoms. The summed E-state index contributed by atoms with van der Waals surface area (Å²) in [6.45, 7) is 3.35. The van der Waals surface area contributed by atoms with E-state index >= 15 is 0 Å². The molecule has 0 radical (unpaired) electrons. The fourth-order valence-electron chi connectivity index (χ4n) is 4.12. The molecule has 8 nitrogen and oxygen atoms in total. The molecule has 0 aromatic heterocycles. The van der Waals surface area contributed by atoms with E-state index in [1.807, 2.05) is 11.8 Å². The largest absolute Gasteiger partial charge is 0.358 e. The van der Waals surface area contributed by atoms with Crippen molar-refractivity contribution in [1.29, 1.82) is 0 Å². The molecule has 2 amide bonds. The van der Waals surface area contributed by atoms with Crippen molar-refractivity contribution in [1.82, 2.24) is 9.62 Å². The number of benzene rings is 1. The second kappa shape index (κ2) is 10.9. The SMILES string of the molecule is CCCSCCCNC(=O)CN1C(=O)[C@H]2CCCCN2c2ccc(S(=O)(=O)N(C)C)cc21. The van der Waals surface area contributed by atoms with Gasteiger partial charge in [-0.3, -0.25) is 14.5 Å². The highest BCUT2D eigenvalue weighted by molar-refractivity contribution is 7.99. The summed E-state index contributed by atoms with van der Waals surface area (Å²) >= 11 is 1.87.